The fourth-order valence-electron chi connectivity index (χ4n) is 1.95. The summed E-state index contributed by atoms with van der Waals surface area (Å²) in [7, 11) is 3.34. The maximum Gasteiger partial charge on any atom is 0.134 e. The lowest BCUT2D eigenvalue weighted by Crippen LogP contribution is -2.13. The summed E-state index contributed by atoms with van der Waals surface area (Å²) in [5, 5.41) is 2.00. The molecule has 0 spiro atoms. The van der Waals surface area contributed by atoms with Crippen LogP contribution in [0.1, 0.15) is 16.5 Å². The minimum atomic E-state index is -0.0729. The predicted molar refractivity (Wildman–Crippen MR) is 74.5 cm³/mol. The Bertz CT molecular complexity index is 510. The molecule has 2 N–H and O–H groups in total. The van der Waals surface area contributed by atoms with E-state index in [1.54, 1.807) is 25.6 Å². The molecule has 4 heteroatoms. The van der Waals surface area contributed by atoms with E-state index in [-0.39, 0.29) is 6.04 Å². The van der Waals surface area contributed by atoms with Crippen LogP contribution in [0, 0.1) is 0 Å². The van der Waals surface area contributed by atoms with Crippen LogP contribution in [0.4, 0.5) is 0 Å². The van der Waals surface area contributed by atoms with Crippen LogP contribution < -0.4 is 15.2 Å². The van der Waals surface area contributed by atoms with E-state index in [1.807, 2.05) is 35.7 Å². The van der Waals surface area contributed by atoms with Gasteiger partial charge in [-0.2, -0.15) is 0 Å². The molecule has 3 nitrogen and oxygen atoms in total. The molecule has 0 aliphatic carbocycles. The van der Waals surface area contributed by atoms with E-state index >= 15 is 0 Å². The second kappa shape index (κ2) is 5.89. The minimum absolute atomic E-state index is 0.0729. The number of hydrogen-bond donors (Lipinski definition) is 1. The maximum atomic E-state index is 6.25. The lowest BCUT2D eigenvalue weighted by molar-refractivity contribution is 0.403. The fourth-order valence-corrected chi connectivity index (χ4v) is 2.81. The summed E-state index contributed by atoms with van der Waals surface area (Å²) in [4.78, 5) is 1.07. The van der Waals surface area contributed by atoms with Crippen LogP contribution in [0.5, 0.6) is 11.5 Å². The number of hydrogen-bond acceptors (Lipinski definition) is 4. The van der Waals surface area contributed by atoms with Crippen LogP contribution in [-0.2, 0) is 6.42 Å². The van der Waals surface area contributed by atoms with Crippen molar-refractivity contribution in [1.82, 2.24) is 0 Å². The second-order valence-electron chi connectivity index (χ2n) is 3.98. The molecule has 1 aromatic heterocycles. The van der Waals surface area contributed by atoms with Gasteiger partial charge in [-0.15, -0.1) is 11.3 Å². The van der Waals surface area contributed by atoms with Gasteiger partial charge in [0.15, 0.2) is 0 Å². The number of nitrogens with two attached hydrogens (primary N) is 1. The molecule has 0 radical (unpaired) electrons. The molecular weight excluding hydrogens is 246 g/mol. The van der Waals surface area contributed by atoms with E-state index < -0.39 is 0 Å². The van der Waals surface area contributed by atoms with Crippen molar-refractivity contribution in [2.75, 3.05) is 14.2 Å². The molecule has 2 rings (SSSR count). The van der Waals surface area contributed by atoms with Crippen LogP contribution in [-0.4, -0.2) is 14.2 Å². The Morgan fingerprint density at radius 2 is 1.83 bits per heavy atom. The van der Waals surface area contributed by atoms with Gasteiger partial charge in [-0.3, -0.25) is 0 Å². The van der Waals surface area contributed by atoms with Crippen molar-refractivity contribution < 1.29 is 9.47 Å². The predicted octanol–water partition coefficient (Wildman–Crippen LogP) is 3.01. The lowest BCUT2D eigenvalue weighted by atomic mass is 10.0. The zero-order valence-corrected chi connectivity index (χ0v) is 11.4. The van der Waals surface area contributed by atoms with Crippen LogP contribution >= 0.6 is 11.3 Å². The van der Waals surface area contributed by atoms with Gasteiger partial charge in [0.2, 0.25) is 0 Å². The van der Waals surface area contributed by atoms with E-state index in [1.165, 1.54) is 0 Å². The van der Waals surface area contributed by atoms with Gasteiger partial charge in [0.05, 0.1) is 19.1 Å². The van der Waals surface area contributed by atoms with E-state index in [4.69, 9.17) is 15.2 Å². The molecule has 0 aliphatic rings. The molecule has 0 saturated carbocycles. The van der Waals surface area contributed by atoms with Gasteiger partial charge in [0, 0.05) is 6.04 Å². The highest BCUT2D eigenvalue weighted by molar-refractivity contribution is 7.10. The molecule has 2 aromatic rings. The van der Waals surface area contributed by atoms with Crippen LogP contribution in [0.2, 0.25) is 0 Å². The summed E-state index contributed by atoms with van der Waals surface area (Å²) in [6, 6.07) is 9.82. The smallest absolute Gasteiger partial charge is 0.134 e. The average Bonchev–Trinajstić information content (AvgIpc) is 2.87. The van der Waals surface area contributed by atoms with Gasteiger partial charge < -0.3 is 15.2 Å². The molecule has 1 atom stereocenters. The Morgan fingerprint density at radius 1 is 1.11 bits per heavy atom. The third-order valence-corrected chi connectivity index (χ3v) is 3.88. The first-order chi connectivity index (χ1) is 8.76. The molecule has 0 bridgehead atoms. The van der Waals surface area contributed by atoms with Crippen molar-refractivity contribution in [2.45, 2.75) is 12.5 Å². The highest BCUT2D eigenvalue weighted by Crippen LogP contribution is 2.32. The minimum Gasteiger partial charge on any atom is -0.496 e. The van der Waals surface area contributed by atoms with E-state index in [0.29, 0.717) is 0 Å². The number of thiophene rings is 1. The molecule has 1 aromatic carbocycles. The van der Waals surface area contributed by atoms with Gasteiger partial charge in [-0.1, -0.05) is 18.2 Å². The Labute approximate surface area is 111 Å². The largest absolute Gasteiger partial charge is 0.496 e. The van der Waals surface area contributed by atoms with Gasteiger partial charge in [0.25, 0.3) is 0 Å². The Kier molecular flexibility index (Phi) is 4.23. The Balaban J connectivity index is 2.18. The molecular formula is C14H17NO2S. The number of methoxy groups -OCH3 is 2. The first-order valence-corrected chi connectivity index (χ1v) is 6.63. The monoisotopic (exact) mass is 263 g/mol. The standard InChI is InChI=1S/C14H17NO2S/c1-16-12-6-4-3-5-10(12)9-11(15)14-13(17-2)7-8-18-14/h3-8,11H,9,15H2,1-2H3. The fraction of sp³-hybridized carbons (Fsp3) is 0.286. The van der Waals surface area contributed by atoms with Crippen molar-refractivity contribution in [3.8, 4) is 11.5 Å². The molecule has 0 fully saturated rings. The van der Waals surface area contributed by atoms with Gasteiger partial charge in [-0.25, -0.2) is 0 Å². The lowest BCUT2D eigenvalue weighted by Gasteiger charge is -2.14. The van der Waals surface area contributed by atoms with Crippen molar-refractivity contribution >= 4 is 11.3 Å². The molecule has 0 amide bonds. The van der Waals surface area contributed by atoms with Crippen molar-refractivity contribution in [3.05, 3.63) is 46.2 Å². The quantitative estimate of drug-likeness (QED) is 0.902. The van der Waals surface area contributed by atoms with Crippen molar-refractivity contribution in [1.29, 1.82) is 0 Å². The Hall–Kier alpha value is -1.52. The molecule has 1 unspecified atom stereocenters. The third kappa shape index (κ3) is 2.66. The van der Waals surface area contributed by atoms with Gasteiger partial charge in [-0.05, 0) is 29.5 Å². The highest BCUT2D eigenvalue weighted by atomic mass is 32.1. The van der Waals surface area contributed by atoms with Gasteiger partial charge >= 0.3 is 0 Å². The van der Waals surface area contributed by atoms with E-state index in [9.17, 15) is 0 Å². The number of ether oxygens (including phenoxy) is 2. The van der Waals surface area contributed by atoms with Crippen molar-refractivity contribution in [3.63, 3.8) is 0 Å². The number of benzene rings is 1. The van der Waals surface area contributed by atoms with E-state index in [2.05, 4.69) is 0 Å². The highest BCUT2D eigenvalue weighted by Gasteiger charge is 2.15. The van der Waals surface area contributed by atoms with Crippen LogP contribution in [0.15, 0.2) is 35.7 Å². The summed E-state index contributed by atoms with van der Waals surface area (Å²) >= 11 is 1.62. The summed E-state index contributed by atoms with van der Waals surface area (Å²) in [6.07, 6.45) is 0.737. The molecule has 96 valence electrons. The molecule has 0 saturated heterocycles. The molecule has 18 heavy (non-hydrogen) atoms. The summed E-state index contributed by atoms with van der Waals surface area (Å²) < 4.78 is 10.6. The maximum absolute atomic E-state index is 6.25. The zero-order chi connectivity index (χ0) is 13.0. The van der Waals surface area contributed by atoms with Crippen LogP contribution in [0.25, 0.3) is 0 Å². The van der Waals surface area contributed by atoms with Gasteiger partial charge in [0.1, 0.15) is 11.5 Å². The average molecular weight is 263 g/mol. The number of rotatable bonds is 5. The Morgan fingerprint density at radius 3 is 2.56 bits per heavy atom. The SMILES string of the molecule is COc1ccccc1CC(N)c1sccc1OC. The number of para-hydroxylation sites is 1. The van der Waals surface area contributed by atoms with E-state index in [0.717, 1.165) is 28.4 Å². The zero-order valence-electron chi connectivity index (χ0n) is 10.6. The normalized spacial score (nSPS) is 12.2. The molecule has 0 aliphatic heterocycles. The second-order valence-corrected chi connectivity index (χ2v) is 4.92. The summed E-state index contributed by atoms with van der Waals surface area (Å²) in [5.41, 5.74) is 7.36. The van der Waals surface area contributed by atoms with Crippen molar-refractivity contribution in [2.24, 2.45) is 5.73 Å². The summed E-state index contributed by atoms with van der Waals surface area (Å²) in [6.45, 7) is 0. The van der Waals surface area contributed by atoms with Crippen LogP contribution in [0.3, 0.4) is 0 Å². The topological polar surface area (TPSA) is 44.5 Å². The molecule has 1 heterocycles. The summed E-state index contributed by atoms with van der Waals surface area (Å²) in [5.74, 6) is 1.74. The first kappa shape index (κ1) is 12.9. The third-order valence-electron chi connectivity index (χ3n) is 2.85. The first-order valence-electron chi connectivity index (χ1n) is 5.75.